The van der Waals surface area contributed by atoms with Crippen molar-refractivity contribution in [1.29, 1.82) is 0 Å². The van der Waals surface area contributed by atoms with E-state index in [1.807, 2.05) is 12.4 Å². The van der Waals surface area contributed by atoms with Gasteiger partial charge in [0.1, 0.15) is 0 Å². The number of aromatic nitrogens is 1. The van der Waals surface area contributed by atoms with Crippen molar-refractivity contribution in [2.75, 3.05) is 6.54 Å². The van der Waals surface area contributed by atoms with E-state index < -0.39 is 0 Å². The fourth-order valence-electron chi connectivity index (χ4n) is 2.12. The number of rotatable bonds is 9. The quantitative estimate of drug-likeness (QED) is 0.658. The van der Waals surface area contributed by atoms with Crippen molar-refractivity contribution in [3.05, 3.63) is 30.1 Å². The van der Waals surface area contributed by atoms with Crippen molar-refractivity contribution in [3.63, 3.8) is 0 Å². The first kappa shape index (κ1) is 15.2. The van der Waals surface area contributed by atoms with Gasteiger partial charge in [-0.25, -0.2) is 0 Å². The number of pyridine rings is 1. The molecule has 0 saturated carbocycles. The number of hydrogen-bond acceptors (Lipinski definition) is 2. The lowest BCUT2D eigenvalue weighted by Crippen LogP contribution is -2.19. The molecule has 1 heterocycles. The zero-order valence-corrected chi connectivity index (χ0v) is 12.2. The molecule has 1 aromatic rings. The summed E-state index contributed by atoms with van der Waals surface area (Å²) in [7, 11) is 0. The average molecular weight is 248 g/mol. The van der Waals surface area contributed by atoms with Gasteiger partial charge in [0.15, 0.2) is 0 Å². The van der Waals surface area contributed by atoms with Gasteiger partial charge in [-0.15, -0.1) is 0 Å². The molecule has 1 N–H and O–H groups in total. The van der Waals surface area contributed by atoms with Gasteiger partial charge in [-0.2, -0.15) is 0 Å². The molecule has 0 saturated heterocycles. The third-order valence-corrected chi connectivity index (χ3v) is 3.36. The molecule has 0 amide bonds. The average Bonchev–Trinajstić information content (AvgIpc) is 2.38. The molecule has 0 aromatic carbocycles. The van der Waals surface area contributed by atoms with Crippen LogP contribution in [-0.4, -0.2) is 11.5 Å². The minimum atomic E-state index is 0.434. The van der Waals surface area contributed by atoms with Crippen LogP contribution in [0.15, 0.2) is 24.5 Å². The molecule has 0 bridgehead atoms. The molecule has 1 aromatic heterocycles. The molecule has 0 radical (unpaired) electrons. The van der Waals surface area contributed by atoms with Crippen molar-refractivity contribution in [1.82, 2.24) is 10.3 Å². The van der Waals surface area contributed by atoms with Crippen LogP contribution in [-0.2, 0) is 0 Å². The summed E-state index contributed by atoms with van der Waals surface area (Å²) in [5.41, 5.74) is 1.32. The lowest BCUT2D eigenvalue weighted by atomic mass is 10.0. The second kappa shape index (κ2) is 9.09. The number of nitrogens with zero attached hydrogens (tertiary/aromatic N) is 1. The van der Waals surface area contributed by atoms with Crippen molar-refractivity contribution >= 4 is 0 Å². The molecule has 0 aliphatic heterocycles. The molecule has 18 heavy (non-hydrogen) atoms. The Morgan fingerprint density at radius 3 is 2.33 bits per heavy atom. The lowest BCUT2D eigenvalue weighted by Gasteiger charge is -2.13. The monoisotopic (exact) mass is 248 g/mol. The van der Waals surface area contributed by atoms with Gasteiger partial charge in [0.25, 0.3) is 0 Å². The zero-order chi connectivity index (χ0) is 13.2. The maximum atomic E-state index is 4.04. The summed E-state index contributed by atoms with van der Waals surface area (Å²) in [6.45, 7) is 7.94. The Hall–Kier alpha value is -0.890. The standard InChI is InChI=1S/C16H28N2/c1-14(2)8-6-4-5-7-11-18-15(3)16-9-12-17-13-10-16/h9-10,12-15,18H,4-8,11H2,1-3H3. The Bertz CT molecular complexity index is 295. The van der Waals surface area contributed by atoms with E-state index in [0.717, 1.165) is 12.5 Å². The minimum Gasteiger partial charge on any atom is -0.310 e. The van der Waals surface area contributed by atoms with E-state index in [-0.39, 0.29) is 0 Å². The van der Waals surface area contributed by atoms with E-state index in [2.05, 4.69) is 43.2 Å². The van der Waals surface area contributed by atoms with Crippen LogP contribution in [0.25, 0.3) is 0 Å². The van der Waals surface area contributed by atoms with Crippen molar-refractivity contribution in [2.45, 2.75) is 58.9 Å². The molecule has 1 unspecified atom stereocenters. The Morgan fingerprint density at radius 1 is 1.00 bits per heavy atom. The van der Waals surface area contributed by atoms with Crippen LogP contribution < -0.4 is 5.32 Å². The van der Waals surface area contributed by atoms with Crippen molar-refractivity contribution < 1.29 is 0 Å². The smallest absolute Gasteiger partial charge is 0.0292 e. The summed E-state index contributed by atoms with van der Waals surface area (Å²) in [5, 5.41) is 3.57. The predicted octanol–water partition coefficient (Wildman–Crippen LogP) is 4.34. The van der Waals surface area contributed by atoms with Gasteiger partial charge < -0.3 is 5.32 Å². The highest BCUT2D eigenvalue weighted by Gasteiger charge is 2.02. The molecule has 0 aliphatic rings. The second-order valence-corrected chi connectivity index (χ2v) is 5.55. The topological polar surface area (TPSA) is 24.9 Å². The SMILES string of the molecule is CC(C)CCCCCCNC(C)c1ccncc1. The van der Waals surface area contributed by atoms with Crippen LogP contribution in [0.2, 0.25) is 0 Å². The summed E-state index contributed by atoms with van der Waals surface area (Å²) in [4.78, 5) is 4.04. The van der Waals surface area contributed by atoms with Gasteiger partial charge in [0, 0.05) is 18.4 Å². The van der Waals surface area contributed by atoms with Crippen LogP contribution in [0.4, 0.5) is 0 Å². The van der Waals surface area contributed by atoms with Crippen LogP contribution in [0.5, 0.6) is 0 Å². The van der Waals surface area contributed by atoms with Gasteiger partial charge in [-0.1, -0.05) is 39.5 Å². The Balaban J connectivity index is 2.01. The fraction of sp³-hybridized carbons (Fsp3) is 0.688. The highest BCUT2D eigenvalue weighted by Crippen LogP contribution is 2.11. The van der Waals surface area contributed by atoms with Gasteiger partial charge in [0.2, 0.25) is 0 Å². The Kier molecular flexibility index (Phi) is 7.66. The van der Waals surface area contributed by atoms with Gasteiger partial charge in [0.05, 0.1) is 0 Å². The van der Waals surface area contributed by atoms with Crippen LogP contribution in [0.3, 0.4) is 0 Å². The maximum Gasteiger partial charge on any atom is 0.0292 e. The molecule has 2 heteroatoms. The number of hydrogen-bond donors (Lipinski definition) is 1. The van der Waals surface area contributed by atoms with Crippen LogP contribution in [0.1, 0.15) is 64.5 Å². The first-order valence-corrected chi connectivity index (χ1v) is 7.33. The number of nitrogens with one attached hydrogen (secondary N) is 1. The molecular formula is C16H28N2. The van der Waals surface area contributed by atoms with E-state index in [0.29, 0.717) is 6.04 Å². The highest BCUT2D eigenvalue weighted by atomic mass is 14.9. The predicted molar refractivity (Wildman–Crippen MR) is 78.6 cm³/mol. The maximum absolute atomic E-state index is 4.04. The molecule has 1 rings (SSSR count). The van der Waals surface area contributed by atoms with Crippen molar-refractivity contribution in [3.8, 4) is 0 Å². The minimum absolute atomic E-state index is 0.434. The third-order valence-electron chi connectivity index (χ3n) is 3.36. The van der Waals surface area contributed by atoms with Crippen molar-refractivity contribution in [2.24, 2.45) is 5.92 Å². The molecule has 0 fully saturated rings. The first-order valence-electron chi connectivity index (χ1n) is 7.33. The Morgan fingerprint density at radius 2 is 1.67 bits per heavy atom. The second-order valence-electron chi connectivity index (χ2n) is 5.55. The summed E-state index contributed by atoms with van der Waals surface area (Å²) >= 11 is 0. The van der Waals surface area contributed by atoms with E-state index in [1.165, 1.54) is 37.7 Å². The van der Waals surface area contributed by atoms with Crippen LogP contribution in [0, 0.1) is 5.92 Å². The van der Waals surface area contributed by atoms with E-state index in [1.54, 1.807) is 0 Å². The van der Waals surface area contributed by atoms with E-state index >= 15 is 0 Å². The first-order chi connectivity index (χ1) is 8.70. The molecule has 0 spiro atoms. The third kappa shape index (κ3) is 6.75. The van der Waals surface area contributed by atoms with E-state index in [9.17, 15) is 0 Å². The van der Waals surface area contributed by atoms with Gasteiger partial charge >= 0.3 is 0 Å². The largest absolute Gasteiger partial charge is 0.310 e. The van der Waals surface area contributed by atoms with Gasteiger partial charge in [-0.05, 0) is 43.5 Å². The molecule has 102 valence electrons. The summed E-state index contributed by atoms with van der Waals surface area (Å²) in [5.74, 6) is 0.856. The normalized spacial score (nSPS) is 12.9. The van der Waals surface area contributed by atoms with Gasteiger partial charge in [-0.3, -0.25) is 4.98 Å². The summed E-state index contributed by atoms with van der Waals surface area (Å²) < 4.78 is 0. The molecule has 2 nitrogen and oxygen atoms in total. The molecule has 1 atom stereocenters. The van der Waals surface area contributed by atoms with Crippen LogP contribution >= 0.6 is 0 Å². The fourth-order valence-corrected chi connectivity index (χ4v) is 2.12. The summed E-state index contributed by atoms with van der Waals surface area (Å²) in [6.07, 6.45) is 10.5. The Labute approximate surface area is 112 Å². The molecule has 0 aliphatic carbocycles. The highest BCUT2D eigenvalue weighted by molar-refractivity contribution is 5.13. The zero-order valence-electron chi connectivity index (χ0n) is 12.2. The summed E-state index contributed by atoms with van der Waals surface area (Å²) in [6, 6.07) is 4.60. The van der Waals surface area contributed by atoms with E-state index in [4.69, 9.17) is 0 Å². The molecular weight excluding hydrogens is 220 g/mol. The lowest BCUT2D eigenvalue weighted by molar-refractivity contribution is 0.498. The number of unbranched alkanes of at least 4 members (excludes halogenated alkanes) is 3.